The Bertz CT molecular complexity index is 321. The monoisotopic (exact) mass is 192 g/mol. The molecule has 0 aliphatic rings. The Morgan fingerprint density at radius 1 is 1.43 bits per heavy atom. The van der Waals surface area contributed by atoms with Gasteiger partial charge in [-0.05, 0) is 18.6 Å². The first kappa shape index (κ1) is 10.7. The molecule has 1 aromatic rings. The number of aromatic nitrogens is 1. The number of aryl methyl sites for hydroxylation is 1. The quantitative estimate of drug-likeness (QED) is 0.730. The van der Waals surface area contributed by atoms with Gasteiger partial charge in [-0.3, -0.25) is 4.79 Å². The topological polar surface area (TPSA) is 33.2 Å². The minimum Gasteiger partial charge on any atom is -0.343 e. The Morgan fingerprint density at radius 2 is 2.14 bits per heavy atom. The molecule has 0 aromatic carbocycles. The average molecular weight is 192 g/mol. The van der Waals surface area contributed by atoms with E-state index >= 15 is 0 Å². The molecule has 0 spiro atoms. The maximum absolute atomic E-state index is 11.6. The molecule has 0 aliphatic heterocycles. The highest BCUT2D eigenvalue weighted by molar-refractivity contribution is 5.91. The lowest BCUT2D eigenvalue weighted by Gasteiger charge is -2.09. The van der Waals surface area contributed by atoms with Gasteiger partial charge in [0.05, 0.1) is 0 Å². The van der Waals surface area contributed by atoms with Crippen molar-refractivity contribution in [3.8, 4) is 0 Å². The van der Waals surface area contributed by atoms with Gasteiger partial charge < -0.3 is 4.90 Å². The van der Waals surface area contributed by atoms with Crippen LogP contribution < -0.4 is 0 Å². The average Bonchev–Trinajstić information content (AvgIpc) is 2.17. The van der Waals surface area contributed by atoms with Gasteiger partial charge in [0.25, 0.3) is 5.91 Å². The molecule has 0 bridgehead atoms. The van der Waals surface area contributed by atoms with Gasteiger partial charge in [0, 0.05) is 19.8 Å². The lowest BCUT2D eigenvalue weighted by Crippen LogP contribution is -2.23. The number of pyridine rings is 1. The smallest absolute Gasteiger partial charge is 0.271 e. The molecule has 0 N–H and O–H groups in total. The fourth-order valence-corrected chi connectivity index (χ4v) is 1.22. The van der Waals surface area contributed by atoms with Crippen molar-refractivity contribution in [2.45, 2.75) is 19.8 Å². The number of amides is 1. The molecule has 0 atom stereocenters. The zero-order valence-corrected chi connectivity index (χ0v) is 8.95. The van der Waals surface area contributed by atoms with Gasteiger partial charge in [-0.1, -0.05) is 19.4 Å². The van der Waals surface area contributed by atoms with Crippen LogP contribution in [0.1, 0.15) is 29.5 Å². The Labute approximate surface area is 84.8 Å². The number of hydrogen-bond acceptors (Lipinski definition) is 2. The number of rotatable bonds is 3. The molecule has 1 heterocycles. The first-order valence-corrected chi connectivity index (χ1v) is 4.82. The van der Waals surface area contributed by atoms with Crippen LogP contribution in [-0.4, -0.2) is 29.9 Å². The lowest BCUT2D eigenvalue weighted by atomic mass is 10.2. The van der Waals surface area contributed by atoms with Crippen LogP contribution in [0.15, 0.2) is 18.2 Å². The third kappa shape index (κ3) is 2.55. The summed E-state index contributed by atoms with van der Waals surface area (Å²) in [6.07, 6.45) is 1.97. The number of carbonyl (C=O) groups excluding carboxylic acids is 1. The summed E-state index contributed by atoms with van der Waals surface area (Å²) in [5.41, 5.74) is 1.51. The molecule has 0 saturated heterocycles. The van der Waals surface area contributed by atoms with Gasteiger partial charge in [0.15, 0.2) is 0 Å². The number of hydrogen-bond donors (Lipinski definition) is 0. The molecule has 3 heteroatoms. The fraction of sp³-hybridized carbons (Fsp3) is 0.455. The second-order valence-electron chi connectivity index (χ2n) is 3.46. The molecular formula is C11H16N2O. The largest absolute Gasteiger partial charge is 0.343 e. The molecule has 0 radical (unpaired) electrons. The van der Waals surface area contributed by atoms with Crippen molar-refractivity contribution in [2.24, 2.45) is 0 Å². The molecular weight excluding hydrogens is 176 g/mol. The molecule has 1 amide bonds. The van der Waals surface area contributed by atoms with Gasteiger partial charge >= 0.3 is 0 Å². The van der Waals surface area contributed by atoms with Crippen molar-refractivity contribution >= 4 is 5.91 Å². The minimum atomic E-state index is -0.0389. The highest BCUT2D eigenvalue weighted by Crippen LogP contribution is 2.03. The summed E-state index contributed by atoms with van der Waals surface area (Å²) in [6.45, 7) is 2.10. The molecule has 1 aromatic heterocycles. The molecule has 1 rings (SSSR count). The van der Waals surface area contributed by atoms with Crippen molar-refractivity contribution in [2.75, 3.05) is 14.1 Å². The van der Waals surface area contributed by atoms with Crippen molar-refractivity contribution in [1.82, 2.24) is 9.88 Å². The second kappa shape index (κ2) is 4.74. The molecule has 76 valence electrons. The van der Waals surface area contributed by atoms with Crippen molar-refractivity contribution < 1.29 is 4.79 Å². The normalized spacial score (nSPS) is 9.93. The first-order valence-electron chi connectivity index (χ1n) is 4.82. The molecule has 0 saturated carbocycles. The predicted molar refractivity (Wildman–Crippen MR) is 56.2 cm³/mol. The Hall–Kier alpha value is -1.38. The zero-order chi connectivity index (χ0) is 10.6. The van der Waals surface area contributed by atoms with Crippen LogP contribution in [0.5, 0.6) is 0 Å². The van der Waals surface area contributed by atoms with E-state index in [9.17, 15) is 4.79 Å². The molecule has 0 unspecified atom stereocenters. The second-order valence-corrected chi connectivity index (χ2v) is 3.46. The summed E-state index contributed by atoms with van der Waals surface area (Å²) in [5, 5.41) is 0. The summed E-state index contributed by atoms with van der Waals surface area (Å²) in [6, 6.07) is 5.59. The molecule has 0 fully saturated rings. The zero-order valence-electron chi connectivity index (χ0n) is 8.95. The van der Waals surface area contributed by atoms with Gasteiger partial charge in [0.2, 0.25) is 0 Å². The Morgan fingerprint density at radius 3 is 2.71 bits per heavy atom. The van der Waals surface area contributed by atoms with Crippen LogP contribution in [0, 0.1) is 0 Å². The van der Waals surface area contributed by atoms with E-state index in [1.807, 2.05) is 12.1 Å². The van der Waals surface area contributed by atoms with E-state index in [4.69, 9.17) is 0 Å². The number of nitrogens with zero attached hydrogens (tertiary/aromatic N) is 2. The van der Waals surface area contributed by atoms with Crippen LogP contribution in [0.3, 0.4) is 0 Å². The van der Waals surface area contributed by atoms with Gasteiger partial charge in [-0.2, -0.15) is 0 Å². The highest BCUT2D eigenvalue weighted by atomic mass is 16.2. The van der Waals surface area contributed by atoms with E-state index < -0.39 is 0 Å². The van der Waals surface area contributed by atoms with E-state index in [1.165, 1.54) is 4.90 Å². The van der Waals surface area contributed by atoms with Crippen LogP contribution in [-0.2, 0) is 6.42 Å². The SMILES string of the molecule is CCCc1cccc(C(=O)N(C)C)n1. The van der Waals surface area contributed by atoms with E-state index in [0.717, 1.165) is 18.5 Å². The first-order chi connectivity index (χ1) is 6.65. The van der Waals surface area contributed by atoms with Gasteiger partial charge in [-0.15, -0.1) is 0 Å². The third-order valence-electron chi connectivity index (χ3n) is 1.94. The van der Waals surface area contributed by atoms with Crippen molar-refractivity contribution in [3.63, 3.8) is 0 Å². The van der Waals surface area contributed by atoms with Gasteiger partial charge in [0.1, 0.15) is 5.69 Å². The number of carbonyl (C=O) groups is 1. The van der Waals surface area contributed by atoms with Crippen molar-refractivity contribution in [1.29, 1.82) is 0 Å². The maximum atomic E-state index is 11.6. The summed E-state index contributed by atoms with van der Waals surface area (Å²) in [4.78, 5) is 17.4. The standard InChI is InChI=1S/C11H16N2O/c1-4-6-9-7-5-8-10(12-9)11(14)13(2)3/h5,7-8H,4,6H2,1-3H3. The van der Waals surface area contributed by atoms with Crippen molar-refractivity contribution in [3.05, 3.63) is 29.6 Å². The maximum Gasteiger partial charge on any atom is 0.271 e. The molecule has 3 nitrogen and oxygen atoms in total. The summed E-state index contributed by atoms with van der Waals surface area (Å²) in [5.74, 6) is -0.0389. The van der Waals surface area contributed by atoms with Crippen LogP contribution in [0.25, 0.3) is 0 Å². The Balaban J connectivity index is 2.88. The predicted octanol–water partition coefficient (Wildman–Crippen LogP) is 1.74. The third-order valence-corrected chi connectivity index (χ3v) is 1.94. The van der Waals surface area contributed by atoms with E-state index in [-0.39, 0.29) is 5.91 Å². The Kier molecular flexibility index (Phi) is 3.63. The fourth-order valence-electron chi connectivity index (χ4n) is 1.22. The van der Waals surface area contributed by atoms with Crippen LogP contribution >= 0.6 is 0 Å². The molecule has 0 aliphatic carbocycles. The summed E-state index contributed by atoms with van der Waals surface area (Å²) >= 11 is 0. The van der Waals surface area contributed by atoms with E-state index in [2.05, 4.69) is 11.9 Å². The minimum absolute atomic E-state index is 0.0389. The van der Waals surface area contributed by atoms with Gasteiger partial charge in [-0.25, -0.2) is 4.98 Å². The van der Waals surface area contributed by atoms with Crippen LogP contribution in [0.4, 0.5) is 0 Å². The summed E-state index contributed by atoms with van der Waals surface area (Å²) in [7, 11) is 3.47. The van der Waals surface area contributed by atoms with Crippen LogP contribution in [0.2, 0.25) is 0 Å². The highest BCUT2D eigenvalue weighted by Gasteiger charge is 2.09. The van der Waals surface area contributed by atoms with E-state index in [1.54, 1.807) is 20.2 Å². The summed E-state index contributed by atoms with van der Waals surface area (Å²) < 4.78 is 0. The molecule has 14 heavy (non-hydrogen) atoms. The lowest BCUT2D eigenvalue weighted by molar-refractivity contribution is 0.0821. The van der Waals surface area contributed by atoms with E-state index in [0.29, 0.717) is 5.69 Å².